The quantitative estimate of drug-likeness (QED) is 0.786. The Morgan fingerprint density at radius 1 is 1.21 bits per heavy atom. The number of sulfonamides is 1. The van der Waals surface area contributed by atoms with Crippen LogP contribution in [0.25, 0.3) is 0 Å². The van der Waals surface area contributed by atoms with Gasteiger partial charge < -0.3 is 19.3 Å². The molecule has 8 nitrogen and oxygen atoms in total. The summed E-state index contributed by atoms with van der Waals surface area (Å²) in [5.41, 5.74) is -1.27. The van der Waals surface area contributed by atoms with E-state index < -0.39 is 33.0 Å². The zero-order valence-electron chi connectivity index (χ0n) is 13.7. The minimum absolute atomic E-state index is 0.231. The molecule has 0 aliphatic carbocycles. The summed E-state index contributed by atoms with van der Waals surface area (Å²) < 4.78 is 41.2. The summed E-state index contributed by atoms with van der Waals surface area (Å²) >= 11 is 0. The minimum atomic E-state index is -3.71. The molecule has 1 unspecified atom stereocenters. The molecule has 9 heteroatoms. The Kier molecular flexibility index (Phi) is 4.66. The Morgan fingerprint density at radius 3 is 2.21 bits per heavy atom. The van der Waals surface area contributed by atoms with Crippen molar-refractivity contribution in [3.05, 3.63) is 35.4 Å². The van der Waals surface area contributed by atoms with Gasteiger partial charge in [-0.25, -0.2) is 8.42 Å². The van der Waals surface area contributed by atoms with Crippen LogP contribution in [0.4, 0.5) is 0 Å². The molecule has 1 aliphatic rings. The summed E-state index contributed by atoms with van der Waals surface area (Å²) in [6.07, 6.45) is 0. The van der Waals surface area contributed by atoms with Gasteiger partial charge >= 0.3 is 0 Å². The van der Waals surface area contributed by atoms with Crippen LogP contribution >= 0.6 is 0 Å². The number of aliphatic hydroxyl groups is 1. The number of hydrogen-bond acceptors (Lipinski definition) is 7. The molecular weight excluding hydrogens is 338 g/mol. The number of aliphatic hydroxyl groups excluding tert-OH is 1. The molecule has 132 valence electrons. The van der Waals surface area contributed by atoms with Gasteiger partial charge in [0.2, 0.25) is 21.7 Å². The molecule has 2 rings (SSSR count). The number of nitrogens with one attached hydrogen (secondary N) is 1. The fourth-order valence-corrected chi connectivity index (χ4v) is 2.75. The van der Waals surface area contributed by atoms with E-state index in [4.69, 9.17) is 14.2 Å². The van der Waals surface area contributed by atoms with Gasteiger partial charge in [-0.15, -0.1) is 0 Å². The van der Waals surface area contributed by atoms with Crippen LogP contribution in [-0.4, -0.2) is 39.3 Å². The number of methoxy groups -OCH3 is 2. The first-order valence-electron chi connectivity index (χ1n) is 7.08. The fourth-order valence-electron chi connectivity index (χ4n) is 2.18. The van der Waals surface area contributed by atoms with E-state index in [2.05, 4.69) is 4.72 Å². The lowest BCUT2D eigenvalue weighted by Gasteiger charge is -2.24. The Morgan fingerprint density at radius 2 is 1.75 bits per heavy atom. The molecule has 1 heterocycles. The van der Waals surface area contributed by atoms with Crippen molar-refractivity contribution in [1.29, 1.82) is 0 Å². The van der Waals surface area contributed by atoms with Gasteiger partial charge in [0, 0.05) is 11.6 Å². The van der Waals surface area contributed by atoms with Crippen molar-refractivity contribution in [2.45, 2.75) is 19.4 Å². The van der Waals surface area contributed by atoms with Gasteiger partial charge in [-0.05, 0) is 26.0 Å². The maximum Gasteiger partial charge on any atom is 0.250 e. The monoisotopic (exact) mass is 357 g/mol. The van der Waals surface area contributed by atoms with Crippen LogP contribution < -0.4 is 14.2 Å². The van der Waals surface area contributed by atoms with Crippen molar-refractivity contribution >= 4 is 15.8 Å². The van der Waals surface area contributed by atoms with Gasteiger partial charge in [-0.3, -0.25) is 9.52 Å². The highest BCUT2D eigenvalue weighted by atomic mass is 32.2. The van der Waals surface area contributed by atoms with Crippen molar-refractivity contribution in [2.75, 3.05) is 20.0 Å². The summed E-state index contributed by atoms with van der Waals surface area (Å²) in [6.45, 7) is 2.84. The molecule has 1 aliphatic heterocycles. The van der Waals surface area contributed by atoms with Gasteiger partial charge in [-0.1, -0.05) is 0 Å². The van der Waals surface area contributed by atoms with Crippen LogP contribution in [0.5, 0.6) is 11.5 Å². The van der Waals surface area contributed by atoms with E-state index in [1.807, 2.05) is 0 Å². The summed E-state index contributed by atoms with van der Waals surface area (Å²) in [5, 5.41) is 9.98. The molecule has 0 saturated carbocycles. The van der Waals surface area contributed by atoms with Crippen LogP contribution in [-0.2, 0) is 25.2 Å². The van der Waals surface area contributed by atoms with Crippen molar-refractivity contribution in [3.63, 3.8) is 0 Å². The molecule has 1 aromatic carbocycles. The predicted octanol–water partition coefficient (Wildman–Crippen LogP) is 1.18. The van der Waals surface area contributed by atoms with Gasteiger partial charge in [-0.2, -0.15) is 0 Å². The zero-order valence-corrected chi connectivity index (χ0v) is 14.6. The van der Waals surface area contributed by atoms with E-state index in [0.29, 0.717) is 17.1 Å². The minimum Gasteiger partial charge on any atom is -0.501 e. The molecule has 0 fully saturated rings. The van der Waals surface area contributed by atoms with E-state index in [0.717, 1.165) is 0 Å². The molecule has 0 saturated heterocycles. The predicted molar refractivity (Wildman–Crippen MR) is 85.2 cm³/mol. The molecule has 0 spiro atoms. The average Bonchev–Trinajstić information content (AvgIpc) is 2.78. The van der Waals surface area contributed by atoms with E-state index in [9.17, 15) is 18.3 Å². The maximum absolute atomic E-state index is 12.5. The highest BCUT2D eigenvalue weighted by molar-refractivity contribution is 7.89. The number of ether oxygens (including phenoxy) is 3. The number of carbonyl (C=O) groups is 1. The van der Waals surface area contributed by atoms with Crippen LogP contribution in [0.2, 0.25) is 0 Å². The van der Waals surface area contributed by atoms with Gasteiger partial charge in [0.1, 0.15) is 11.5 Å². The smallest absolute Gasteiger partial charge is 0.250 e. The lowest BCUT2D eigenvalue weighted by atomic mass is 9.91. The van der Waals surface area contributed by atoms with Crippen LogP contribution in [0.1, 0.15) is 19.4 Å². The third kappa shape index (κ3) is 3.12. The maximum atomic E-state index is 12.5. The molecule has 2 N–H and O–H groups in total. The summed E-state index contributed by atoms with van der Waals surface area (Å²) in [5.74, 6) is -1.44. The van der Waals surface area contributed by atoms with E-state index in [1.54, 1.807) is 18.2 Å². The molecule has 0 aromatic heterocycles. The van der Waals surface area contributed by atoms with Gasteiger partial charge in [0.15, 0.2) is 5.60 Å². The Balaban J connectivity index is 2.44. The van der Waals surface area contributed by atoms with Crippen molar-refractivity contribution in [2.24, 2.45) is 0 Å². The highest BCUT2D eigenvalue weighted by Crippen LogP contribution is 2.40. The first kappa shape index (κ1) is 17.9. The first-order chi connectivity index (χ1) is 11.2. The number of rotatable bonds is 6. The fraction of sp³-hybridized carbons (Fsp3) is 0.400. The van der Waals surface area contributed by atoms with Crippen LogP contribution in [0, 0.1) is 0 Å². The molecule has 0 bridgehead atoms. The largest absolute Gasteiger partial charge is 0.501 e. The zero-order chi connectivity index (χ0) is 18.1. The third-order valence-corrected chi connectivity index (χ3v) is 4.96. The number of hydrogen-bond donors (Lipinski definition) is 2. The highest BCUT2D eigenvalue weighted by Gasteiger charge is 2.49. The summed E-state index contributed by atoms with van der Waals surface area (Å²) in [6, 6.07) is 4.70. The molecule has 24 heavy (non-hydrogen) atoms. The Bertz CT molecular complexity index is 778. The standard InChI is InChI=1S/C15H19NO7S/c1-5-24(19,20)16-14-12(17)13(18)15(2,23-14)9-6-10(21-3)8-11(7-9)22-4/h6-8,16-17H,5H2,1-4H3. The molecule has 0 radical (unpaired) electrons. The SMILES string of the molecule is CCS(=O)(=O)NC1=C(O)C(=O)C(C)(c2cc(OC)cc(OC)c2)O1. The third-order valence-electron chi connectivity index (χ3n) is 3.70. The number of benzene rings is 1. The first-order valence-corrected chi connectivity index (χ1v) is 8.73. The molecular formula is C15H19NO7S. The van der Waals surface area contributed by atoms with Gasteiger partial charge in [0.05, 0.1) is 20.0 Å². The summed E-state index contributed by atoms with van der Waals surface area (Å²) in [4.78, 5) is 12.5. The van der Waals surface area contributed by atoms with E-state index >= 15 is 0 Å². The number of Topliss-reactive ketones (excluding diaryl/α,β-unsaturated/α-hetero) is 1. The van der Waals surface area contributed by atoms with Crippen LogP contribution in [0.3, 0.4) is 0 Å². The normalized spacial score (nSPS) is 20.8. The molecule has 0 amide bonds. The van der Waals surface area contributed by atoms with E-state index in [1.165, 1.54) is 28.1 Å². The molecule has 1 aromatic rings. The number of carbonyl (C=O) groups excluding carboxylic acids is 1. The molecule has 1 atom stereocenters. The number of ketones is 1. The lowest BCUT2D eigenvalue weighted by molar-refractivity contribution is -0.131. The Labute approximate surface area is 140 Å². The average molecular weight is 357 g/mol. The van der Waals surface area contributed by atoms with Crippen LogP contribution in [0.15, 0.2) is 29.8 Å². The van der Waals surface area contributed by atoms with Crippen molar-refractivity contribution < 1.29 is 32.5 Å². The Hall–Kier alpha value is -2.42. The van der Waals surface area contributed by atoms with Crippen molar-refractivity contribution in [1.82, 2.24) is 4.72 Å². The second kappa shape index (κ2) is 6.23. The van der Waals surface area contributed by atoms with Crippen molar-refractivity contribution in [3.8, 4) is 11.5 Å². The second-order valence-corrected chi connectivity index (χ2v) is 7.26. The second-order valence-electron chi connectivity index (χ2n) is 5.25. The lowest BCUT2D eigenvalue weighted by Crippen LogP contribution is -2.32. The summed E-state index contributed by atoms with van der Waals surface area (Å²) in [7, 11) is -0.806. The topological polar surface area (TPSA) is 111 Å². The van der Waals surface area contributed by atoms with E-state index in [-0.39, 0.29) is 5.75 Å². The van der Waals surface area contributed by atoms with Gasteiger partial charge in [0.25, 0.3) is 5.78 Å².